The van der Waals surface area contributed by atoms with Crippen LogP contribution in [0.4, 0.5) is 13.2 Å². The summed E-state index contributed by atoms with van der Waals surface area (Å²) in [4.78, 5) is 26.4. The Morgan fingerprint density at radius 1 is 1.03 bits per heavy atom. The molecular weight excluding hydrogens is 399 g/mol. The second-order valence-corrected chi connectivity index (χ2v) is 6.92. The summed E-state index contributed by atoms with van der Waals surface area (Å²) in [5.41, 5.74) is 5.63. The summed E-state index contributed by atoms with van der Waals surface area (Å²) < 4.78 is 40.5. The number of amides is 1. The second-order valence-electron chi connectivity index (χ2n) is 6.92. The van der Waals surface area contributed by atoms with Crippen molar-refractivity contribution in [1.82, 2.24) is 10.3 Å². The number of H-pyrrole nitrogens is 1. The number of fused-ring (bicyclic) bond motifs is 1. The molecule has 1 unspecified atom stereocenters. The van der Waals surface area contributed by atoms with Crippen LogP contribution >= 0.6 is 0 Å². The molecule has 1 heterocycles. The fraction of sp³-hybridized carbons (Fsp3) is 0.238. The molecule has 2 atom stereocenters. The molecule has 30 heavy (non-hydrogen) atoms. The van der Waals surface area contributed by atoms with Gasteiger partial charge in [-0.3, -0.25) is 4.79 Å². The lowest BCUT2D eigenvalue weighted by Gasteiger charge is -2.19. The van der Waals surface area contributed by atoms with E-state index in [-0.39, 0.29) is 22.9 Å². The van der Waals surface area contributed by atoms with Crippen LogP contribution in [-0.4, -0.2) is 34.1 Å². The van der Waals surface area contributed by atoms with Crippen LogP contribution in [0.3, 0.4) is 0 Å². The van der Waals surface area contributed by atoms with E-state index in [2.05, 4.69) is 10.3 Å². The van der Waals surface area contributed by atoms with E-state index in [4.69, 9.17) is 5.73 Å². The maximum atomic E-state index is 13.5. The number of para-hydroxylation sites is 1. The van der Waals surface area contributed by atoms with Gasteiger partial charge in [0.25, 0.3) is 0 Å². The molecule has 0 aliphatic rings. The number of alkyl halides is 3. The molecule has 0 bridgehead atoms. The average Bonchev–Trinajstić information content (AvgIpc) is 3.07. The molecule has 6 nitrogen and oxygen atoms in total. The van der Waals surface area contributed by atoms with Gasteiger partial charge in [-0.25, -0.2) is 4.79 Å². The molecule has 0 fully saturated rings. The van der Waals surface area contributed by atoms with Gasteiger partial charge in [0, 0.05) is 17.3 Å². The van der Waals surface area contributed by atoms with Gasteiger partial charge in [-0.05, 0) is 23.6 Å². The van der Waals surface area contributed by atoms with E-state index in [1.54, 1.807) is 42.5 Å². The second kappa shape index (κ2) is 8.58. The summed E-state index contributed by atoms with van der Waals surface area (Å²) in [5.74, 6) is -2.20. The van der Waals surface area contributed by atoms with Crippen LogP contribution in [0.5, 0.6) is 0 Å². The topological polar surface area (TPSA) is 108 Å². The molecule has 0 radical (unpaired) electrons. The van der Waals surface area contributed by atoms with Gasteiger partial charge in [0.15, 0.2) is 0 Å². The number of hydrogen-bond donors (Lipinski definition) is 4. The fourth-order valence-corrected chi connectivity index (χ4v) is 3.30. The molecule has 0 aliphatic heterocycles. The first-order valence-electron chi connectivity index (χ1n) is 9.16. The maximum Gasteiger partial charge on any atom is 0.431 e. The van der Waals surface area contributed by atoms with Gasteiger partial charge in [0.2, 0.25) is 5.91 Å². The molecule has 5 N–H and O–H groups in total. The Labute approximate surface area is 169 Å². The van der Waals surface area contributed by atoms with Crippen molar-refractivity contribution < 1.29 is 27.9 Å². The molecule has 0 aliphatic carbocycles. The summed E-state index contributed by atoms with van der Waals surface area (Å²) in [6.45, 7) is 0. The monoisotopic (exact) mass is 419 g/mol. The number of carbonyl (C=O) groups is 2. The van der Waals surface area contributed by atoms with Gasteiger partial charge in [-0.1, -0.05) is 48.5 Å². The number of nitrogens with one attached hydrogen (secondary N) is 2. The van der Waals surface area contributed by atoms with E-state index in [0.29, 0.717) is 0 Å². The van der Waals surface area contributed by atoms with Gasteiger partial charge in [-0.15, -0.1) is 0 Å². The Morgan fingerprint density at radius 2 is 1.67 bits per heavy atom. The van der Waals surface area contributed by atoms with Crippen molar-refractivity contribution in [2.45, 2.75) is 31.1 Å². The number of halogens is 3. The van der Waals surface area contributed by atoms with E-state index in [9.17, 15) is 27.9 Å². The molecule has 2 aromatic carbocycles. The Morgan fingerprint density at radius 3 is 2.30 bits per heavy atom. The number of carboxylic acid groups (broad SMARTS) is 1. The van der Waals surface area contributed by atoms with Crippen molar-refractivity contribution in [3.8, 4) is 0 Å². The first-order valence-corrected chi connectivity index (χ1v) is 9.16. The minimum absolute atomic E-state index is 0.167. The quantitative estimate of drug-likeness (QED) is 0.472. The zero-order chi connectivity index (χ0) is 21.9. The molecule has 3 rings (SSSR count). The molecular formula is C21H20F3N3O3. The molecule has 1 amide bonds. The van der Waals surface area contributed by atoms with Crippen LogP contribution in [-0.2, 0) is 28.6 Å². The summed E-state index contributed by atoms with van der Waals surface area (Å²) in [6, 6.07) is 12.3. The zero-order valence-electron chi connectivity index (χ0n) is 15.7. The number of carboxylic acids is 1. The number of aliphatic carboxylic acids is 1. The molecule has 1 aromatic heterocycles. The van der Waals surface area contributed by atoms with Gasteiger partial charge < -0.3 is 21.1 Å². The number of aromatic nitrogens is 1. The lowest BCUT2D eigenvalue weighted by molar-refractivity contribution is -0.144. The van der Waals surface area contributed by atoms with E-state index in [0.717, 1.165) is 5.56 Å². The SMILES string of the molecule is NC(Cc1ccccc1)C(=O)N[C@@H](Cc1c(C(F)(F)F)[nH]c2ccccc12)C(=O)O. The summed E-state index contributed by atoms with van der Waals surface area (Å²) in [6.07, 6.45) is -5.08. The highest BCUT2D eigenvalue weighted by Gasteiger charge is 2.38. The maximum absolute atomic E-state index is 13.5. The predicted octanol–water partition coefficient (Wildman–Crippen LogP) is 2.87. The first kappa shape index (κ1) is 21.4. The fourth-order valence-electron chi connectivity index (χ4n) is 3.30. The summed E-state index contributed by atoms with van der Waals surface area (Å²) >= 11 is 0. The number of hydrogen-bond acceptors (Lipinski definition) is 3. The van der Waals surface area contributed by atoms with E-state index in [1.807, 2.05) is 0 Å². The highest BCUT2D eigenvalue weighted by atomic mass is 19.4. The van der Waals surface area contributed by atoms with Crippen molar-refractivity contribution in [2.75, 3.05) is 0 Å². The number of benzene rings is 2. The minimum Gasteiger partial charge on any atom is -0.480 e. The van der Waals surface area contributed by atoms with Crippen LogP contribution in [0.1, 0.15) is 16.8 Å². The molecule has 0 saturated heterocycles. The van der Waals surface area contributed by atoms with Crippen LogP contribution in [0, 0.1) is 0 Å². The zero-order valence-corrected chi connectivity index (χ0v) is 15.7. The van der Waals surface area contributed by atoms with Crippen LogP contribution in [0.25, 0.3) is 10.9 Å². The van der Waals surface area contributed by atoms with Crippen LogP contribution < -0.4 is 11.1 Å². The largest absolute Gasteiger partial charge is 0.480 e. The van der Waals surface area contributed by atoms with Gasteiger partial charge >= 0.3 is 12.1 Å². The van der Waals surface area contributed by atoms with Crippen molar-refractivity contribution in [3.63, 3.8) is 0 Å². The molecule has 3 aromatic rings. The van der Waals surface area contributed by atoms with E-state index < -0.39 is 42.3 Å². The lowest BCUT2D eigenvalue weighted by atomic mass is 10.0. The number of rotatable bonds is 7. The highest BCUT2D eigenvalue weighted by molar-refractivity contribution is 5.89. The standard InChI is InChI=1S/C21H20F3N3O3/c22-21(23,24)18-14(13-8-4-5-9-16(13)26-18)11-17(20(29)30)27-19(28)15(25)10-12-6-2-1-3-7-12/h1-9,15,17,26H,10-11,25H2,(H,27,28)(H,29,30)/t15?,17-/m0/s1. The molecule has 0 spiro atoms. The molecule has 0 saturated carbocycles. The first-order chi connectivity index (χ1) is 14.2. The minimum atomic E-state index is -4.70. The Balaban J connectivity index is 1.83. The van der Waals surface area contributed by atoms with Crippen molar-refractivity contribution in [2.24, 2.45) is 5.73 Å². The van der Waals surface area contributed by atoms with Crippen molar-refractivity contribution in [1.29, 1.82) is 0 Å². The van der Waals surface area contributed by atoms with E-state index >= 15 is 0 Å². The Hall–Kier alpha value is -3.33. The van der Waals surface area contributed by atoms with Gasteiger partial charge in [0.1, 0.15) is 11.7 Å². The lowest BCUT2D eigenvalue weighted by Crippen LogP contribution is -2.50. The predicted molar refractivity (Wildman–Crippen MR) is 105 cm³/mol. The number of aromatic amines is 1. The van der Waals surface area contributed by atoms with Crippen molar-refractivity contribution >= 4 is 22.8 Å². The Kier molecular flexibility index (Phi) is 6.12. The third-order valence-electron chi connectivity index (χ3n) is 4.76. The highest BCUT2D eigenvalue weighted by Crippen LogP contribution is 2.36. The van der Waals surface area contributed by atoms with E-state index in [1.165, 1.54) is 12.1 Å². The van der Waals surface area contributed by atoms with Crippen molar-refractivity contribution in [3.05, 3.63) is 71.4 Å². The third-order valence-corrected chi connectivity index (χ3v) is 4.76. The van der Waals surface area contributed by atoms with Crippen LogP contribution in [0.15, 0.2) is 54.6 Å². The smallest absolute Gasteiger partial charge is 0.431 e. The summed E-state index contributed by atoms with van der Waals surface area (Å²) in [5, 5.41) is 12.0. The summed E-state index contributed by atoms with van der Waals surface area (Å²) in [7, 11) is 0. The molecule has 158 valence electrons. The van der Waals surface area contributed by atoms with Gasteiger partial charge in [0.05, 0.1) is 6.04 Å². The average molecular weight is 419 g/mol. The molecule has 9 heteroatoms. The van der Waals surface area contributed by atoms with Crippen LogP contribution in [0.2, 0.25) is 0 Å². The number of nitrogens with two attached hydrogens (primary N) is 1. The Bertz CT molecular complexity index is 1050. The normalized spacial score (nSPS) is 13.7. The van der Waals surface area contributed by atoms with Gasteiger partial charge in [-0.2, -0.15) is 13.2 Å². The number of carbonyl (C=O) groups excluding carboxylic acids is 1. The third kappa shape index (κ3) is 4.80.